The van der Waals surface area contributed by atoms with Crippen molar-refractivity contribution in [2.75, 3.05) is 0 Å². The third kappa shape index (κ3) is 3.14. The van der Waals surface area contributed by atoms with Crippen molar-refractivity contribution >= 4 is 0 Å². The second-order valence-electron chi connectivity index (χ2n) is 6.19. The quantitative estimate of drug-likeness (QED) is 0.632. The minimum absolute atomic E-state index is 0.0523. The molecule has 1 aliphatic rings. The molecule has 3 aromatic heterocycles. The van der Waals surface area contributed by atoms with Crippen LogP contribution in [0.25, 0.3) is 11.3 Å². The van der Waals surface area contributed by atoms with E-state index in [1.165, 1.54) is 6.20 Å². The maximum atomic E-state index is 12.0. The van der Waals surface area contributed by atoms with E-state index >= 15 is 0 Å². The van der Waals surface area contributed by atoms with Crippen LogP contribution in [0.15, 0.2) is 34.1 Å². The first-order chi connectivity index (χ1) is 13.1. The van der Waals surface area contributed by atoms with Crippen molar-refractivity contribution in [1.29, 1.82) is 5.26 Å². The third-order valence-corrected chi connectivity index (χ3v) is 4.42. The second kappa shape index (κ2) is 6.39. The lowest BCUT2D eigenvalue weighted by atomic mass is 10.1. The van der Waals surface area contributed by atoms with E-state index in [-0.39, 0.29) is 23.1 Å². The maximum absolute atomic E-state index is 12.0. The van der Waals surface area contributed by atoms with Gasteiger partial charge in [0.2, 0.25) is 0 Å². The molecule has 0 unspecified atom stereocenters. The number of aromatic nitrogens is 6. The zero-order chi connectivity index (χ0) is 19.0. The van der Waals surface area contributed by atoms with Crippen LogP contribution in [0.3, 0.4) is 0 Å². The van der Waals surface area contributed by atoms with Crippen molar-refractivity contribution in [2.45, 2.75) is 12.3 Å². The molecule has 1 fully saturated rings. The highest BCUT2D eigenvalue weighted by molar-refractivity contribution is 5.59. The minimum atomic E-state index is -0.599. The molecule has 0 aliphatic heterocycles. The Balaban J connectivity index is 1.66. The molecule has 0 amide bonds. The smallest absolute Gasteiger partial charge is 0.313 e. The normalized spacial score (nSPS) is 17.6. The van der Waals surface area contributed by atoms with Crippen LogP contribution < -0.4 is 11.2 Å². The maximum Gasteiger partial charge on any atom is 0.325 e. The van der Waals surface area contributed by atoms with Crippen LogP contribution in [0, 0.1) is 29.1 Å². The summed E-state index contributed by atoms with van der Waals surface area (Å²) in [6.07, 6.45) is 3.77. The zero-order valence-electron chi connectivity index (χ0n) is 14.2. The Bertz CT molecular complexity index is 1250. The molecule has 9 nitrogen and oxygen atoms in total. The van der Waals surface area contributed by atoms with Crippen molar-refractivity contribution in [2.24, 2.45) is 13.0 Å². The fourth-order valence-corrected chi connectivity index (χ4v) is 2.87. The Morgan fingerprint density at radius 1 is 1.33 bits per heavy atom. The van der Waals surface area contributed by atoms with Crippen LogP contribution in [-0.4, -0.2) is 29.9 Å². The summed E-state index contributed by atoms with van der Waals surface area (Å²) in [6.45, 7) is 0. The van der Waals surface area contributed by atoms with Crippen LogP contribution in [0.1, 0.15) is 29.3 Å². The molecule has 132 valence electrons. The number of rotatable bonds is 2. The molecule has 2 N–H and O–H groups in total. The number of hydrogen-bond donors (Lipinski definition) is 2. The van der Waals surface area contributed by atoms with Gasteiger partial charge < -0.3 is 4.98 Å². The Kier molecular flexibility index (Phi) is 3.90. The molecular weight excluding hydrogens is 346 g/mol. The Hall–Kier alpha value is -3.98. The van der Waals surface area contributed by atoms with Crippen molar-refractivity contribution in [3.8, 4) is 29.2 Å². The molecule has 0 aromatic carbocycles. The predicted octanol–water partition coefficient (Wildman–Crippen LogP) is 0.281. The molecule has 27 heavy (non-hydrogen) atoms. The average Bonchev–Trinajstić information content (AvgIpc) is 3.32. The van der Waals surface area contributed by atoms with Crippen molar-refractivity contribution < 1.29 is 0 Å². The highest BCUT2D eigenvalue weighted by Gasteiger charge is 2.39. The van der Waals surface area contributed by atoms with Crippen LogP contribution >= 0.6 is 0 Å². The van der Waals surface area contributed by atoms with E-state index in [1.54, 1.807) is 16.9 Å². The summed E-state index contributed by atoms with van der Waals surface area (Å²) >= 11 is 0. The lowest BCUT2D eigenvalue weighted by Crippen LogP contribution is -2.23. The van der Waals surface area contributed by atoms with E-state index in [0.717, 1.165) is 12.1 Å². The van der Waals surface area contributed by atoms with Gasteiger partial charge in [0.25, 0.3) is 5.56 Å². The number of nitriles is 1. The van der Waals surface area contributed by atoms with Gasteiger partial charge in [0, 0.05) is 25.1 Å². The Morgan fingerprint density at radius 2 is 2.19 bits per heavy atom. The Morgan fingerprint density at radius 3 is 2.89 bits per heavy atom. The minimum Gasteiger partial charge on any atom is -0.313 e. The van der Waals surface area contributed by atoms with Crippen LogP contribution in [0.4, 0.5) is 0 Å². The number of hydrogen-bond acceptors (Lipinski definition) is 6. The molecular formula is C18H13N7O2. The van der Waals surface area contributed by atoms with E-state index in [4.69, 9.17) is 0 Å². The summed E-state index contributed by atoms with van der Waals surface area (Å²) in [5.41, 5.74) is 1.06. The zero-order valence-corrected chi connectivity index (χ0v) is 14.2. The van der Waals surface area contributed by atoms with Gasteiger partial charge in [0.1, 0.15) is 17.5 Å². The van der Waals surface area contributed by atoms with Gasteiger partial charge in [-0.2, -0.15) is 10.4 Å². The number of nitrogens with zero attached hydrogens (tertiary/aromatic N) is 5. The highest BCUT2D eigenvalue weighted by Crippen LogP contribution is 2.48. The summed E-state index contributed by atoms with van der Waals surface area (Å²) in [5.74, 6) is 6.43. The van der Waals surface area contributed by atoms with E-state index in [9.17, 15) is 14.9 Å². The fraction of sp³-hybridized carbons (Fsp3) is 0.222. The summed E-state index contributed by atoms with van der Waals surface area (Å²) in [5, 5.41) is 21.3. The van der Waals surface area contributed by atoms with Crippen molar-refractivity contribution in [3.05, 3.63) is 62.3 Å². The van der Waals surface area contributed by atoms with Gasteiger partial charge in [0.15, 0.2) is 5.69 Å². The largest absolute Gasteiger partial charge is 0.325 e. The third-order valence-electron chi connectivity index (χ3n) is 4.42. The van der Waals surface area contributed by atoms with Gasteiger partial charge in [-0.3, -0.25) is 14.5 Å². The van der Waals surface area contributed by atoms with Crippen LogP contribution in [0.5, 0.6) is 0 Å². The summed E-state index contributed by atoms with van der Waals surface area (Å²) in [7, 11) is 1.82. The molecule has 3 heterocycles. The number of aryl methyl sites for hydroxylation is 1. The van der Waals surface area contributed by atoms with Gasteiger partial charge in [-0.1, -0.05) is 5.92 Å². The molecule has 0 spiro atoms. The first-order valence-electron chi connectivity index (χ1n) is 8.16. The predicted molar refractivity (Wildman–Crippen MR) is 94.4 cm³/mol. The fourth-order valence-electron chi connectivity index (χ4n) is 2.87. The van der Waals surface area contributed by atoms with Crippen LogP contribution in [-0.2, 0) is 7.05 Å². The molecule has 3 aromatic rings. The molecule has 2 atom stereocenters. The van der Waals surface area contributed by atoms with Gasteiger partial charge in [-0.05, 0) is 30.0 Å². The molecule has 9 heteroatoms. The van der Waals surface area contributed by atoms with Gasteiger partial charge in [0.05, 0.1) is 11.8 Å². The topological polar surface area (TPSA) is 133 Å². The molecule has 0 bridgehead atoms. The molecule has 1 aliphatic carbocycles. The number of aromatic amines is 2. The molecule has 0 saturated heterocycles. The van der Waals surface area contributed by atoms with Crippen molar-refractivity contribution in [1.82, 2.24) is 29.9 Å². The Labute approximate surface area is 152 Å². The lowest BCUT2D eigenvalue weighted by Gasteiger charge is -2.04. The monoisotopic (exact) mass is 359 g/mol. The standard InChI is InChI=1S/C18H13N7O2/c1-25-11(4-5-21-25)3-2-10-6-12(10)13-7-15(23-24-16(13)8-19)14-9-20-18(27)22-17(14)26/h4-5,7,9-10,12H,6H2,1H3,(H2,20,22,26,27)/t10-,12-/m0/s1. The number of nitrogens with one attached hydrogen (secondary N) is 2. The van der Waals surface area contributed by atoms with E-state index < -0.39 is 11.2 Å². The van der Waals surface area contributed by atoms with E-state index in [2.05, 4.69) is 37.1 Å². The first-order valence-corrected chi connectivity index (χ1v) is 8.16. The van der Waals surface area contributed by atoms with Gasteiger partial charge in [-0.25, -0.2) is 4.79 Å². The molecule has 1 saturated carbocycles. The number of H-pyrrole nitrogens is 2. The van der Waals surface area contributed by atoms with Crippen molar-refractivity contribution in [3.63, 3.8) is 0 Å². The highest BCUT2D eigenvalue weighted by atomic mass is 16.2. The average molecular weight is 359 g/mol. The summed E-state index contributed by atoms with van der Waals surface area (Å²) in [6, 6.07) is 5.54. The van der Waals surface area contributed by atoms with Gasteiger partial charge in [-0.15, -0.1) is 10.2 Å². The van der Waals surface area contributed by atoms with E-state index in [0.29, 0.717) is 11.3 Å². The van der Waals surface area contributed by atoms with E-state index in [1.807, 2.05) is 19.2 Å². The van der Waals surface area contributed by atoms with Gasteiger partial charge >= 0.3 is 5.69 Å². The molecule has 4 rings (SSSR count). The summed E-state index contributed by atoms with van der Waals surface area (Å²) < 4.78 is 1.69. The van der Waals surface area contributed by atoms with Crippen LogP contribution in [0.2, 0.25) is 0 Å². The second-order valence-corrected chi connectivity index (χ2v) is 6.19. The molecule has 0 radical (unpaired) electrons. The first kappa shape index (κ1) is 16.5. The lowest BCUT2D eigenvalue weighted by molar-refractivity contribution is 0.757. The summed E-state index contributed by atoms with van der Waals surface area (Å²) in [4.78, 5) is 27.7. The SMILES string of the molecule is Cn1nccc1C#C[C@H]1C[C@@H]1c1cc(-c2c[nH]c(=O)[nH]c2=O)nnc1C#N.